The van der Waals surface area contributed by atoms with E-state index in [9.17, 15) is 16.8 Å². The first-order valence-electron chi connectivity index (χ1n) is 12.9. The first-order chi connectivity index (χ1) is 14.8. The highest BCUT2D eigenvalue weighted by Gasteiger charge is 2.46. The smallest absolute Gasteiger partial charge is 0.155 e. The molecule has 0 bridgehead atoms. The van der Waals surface area contributed by atoms with Crippen LogP contribution in [0.4, 0.5) is 0 Å². The third kappa shape index (κ3) is 8.62. The van der Waals surface area contributed by atoms with Gasteiger partial charge in [0, 0.05) is 0 Å². The van der Waals surface area contributed by atoms with Crippen LogP contribution >= 0.6 is 0 Å². The molecule has 4 unspecified atom stereocenters. The minimum atomic E-state index is -3.13. The van der Waals surface area contributed by atoms with Crippen LogP contribution in [-0.4, -0.2) is 51.0 Å². The topological polar surface area (TPSA) is 77.5 Å². The first kappa shape index (κ1) is 27.1. The molecule has 0 aromatic carbocycles. The van der Waals surface area contributed by atoms with Crippen LogP contribution in [0.1, 0.15) is 117 Å². The second-order valence-corrected chi connectivity index (χ2v) is 14.4. The zero-order chi connectivity index (χ0) is 22.7. The van der Waals surface area contributed by atoms with Crippen LogP contribution in [0.2, 0.25) is 0 Å². The van der Waals surface area contributed by atoms with Crippen LogP contribution in [-0.2, 0) is 24.4 Å². The van der Waals surface area contributed by atoms with Crippen molar-refractivity contribution in [3.05, 3.63) is 0 Å². The Balaban J connectivity index is 1.87. The lowest BCUT2D eigenvalue weighted by atomic mass is 10.0. The highest BCUT2D eigenvalue weighted by Crippen LogP contribution is 2.34. The number of unbranched alkanes of at least 4 members (excludes halogenated alkanes) is 10. The van der Waals surface area contributed by atoms with Gasteiger partial charge in [-0.2, -0.15) is 0 Å². The number of rotatable bonds is 16. The Hall–Kier alpha value is -0.140. The Morgan fingerprint density at radius 2 is 0.935 bits per heavy atom. The van der Waals surface area contributed by atoms with Crippen LogP contribution < -0.4 is 0 Å². The van der Waals surface area contributed by atoms with Crippen molar-refractivity contribution in [2.45, 2.75) is 139 Å². The summed E-state index contributed by atoms with van der Waals surface area (Å²) in [6.45, 7) is 4.38. The highest BCUT2D eigenvalue weighted by molar-refractivity contribution is 7.92. The molecule has 0 radical (unpaired) electrons. The Morgan fingerprint density at radius 3 is 1.32 bits per heavy atom. The van der Waals surface area contributed by atoms with Crippen molar-refractivity contribution in [2.75, 3.05) is 11.5 Å². The molecule has 0 aliphatic carbocycles. The molecular weight excluding hydrogens is 432 g/mol. The molecule has 2 saturated heterocycles. The number of hydrogen-bond donors (Lipinski definition) is 0. The van der Waals surface area contributed by atoms with Crippen LogP contribution in [0, 0.1) is 0 Å². The molecule has 2 heterocycles. The van der Waals surface area contributed by atoms with Gasteiger partial charge < -0.3 is 4.74 Å². The van der Waals surface area contributed by atoms with Crippen molar-refractivity contribution in [1.29, 1.82) is 0 Å². The predicted molar refractivity (Wildman–Crippen MR) is 129 cm³/mol. The Kier molecular flexibility index (Phi) is 11.8. The van der Waals surface area contributed by atoms with Gasteiger partial charge in [-0.15, -0.1) is 0 Å². The average molecular weight is 479 g/mol. The van der Waals surface area contributed by atoms with Crippen molar-refractivity contribution in [1.82, 2.24) is 0 Å². The van der Waals surface area contributed by atoms with Gasteiger partial charge in [-0.25, -0.2) is 16.8 Å². The van der Waals surface area contributed by atoms with Gasteiger partial charge in [-0.05, 0) is 25.7 Å². The van der Waals surface area contributed by atoms with Gasteiger partial charge >= 0.3 is 0 Å². The van der Waals surface area contributed by atoms with E-state index in [2.05, 4.69) is 13.8 Å². The maximum Gasteiger partial charge on any atom is 0.155 e. The first-order valence-corrected chi connectivity index (χ1v) is 16.3. The summed E-state index contributed by atoms with van der Waals surface area (Å²) in [5.74, 6) is 0.361. The van der Waals surface area contributed by atoms with E-state index in [1.807, 2.05) is 0 Å². The fourth-order valence-electron chi connectivity index (χ4n) is 5.22. The number of ether oxygens (including phenoxy) is 1. The maximum atomic E-state index is 12.6. The second kappa shape index (κ2) is 13.5. The Morgan fingerprint density at radius 1 is 0.581 bits per heavy atom. The largest absolute Gasteiger partial charge is 0.372 e. The summed E-state index contributed by atoms with van der Waals surface area (Å²) in [6, 6.07) is 0. The molecule has 0 N–H and O–H groups in total. The third-order valence-corrected chi connectivity index (χ3v) is 11.7. The van der Waals surface area contributed by atoms with Gasteiger partial charge in [-0.3, -0.25) is 0 Å². The average Bonchev–Trinajstić information content (AvgIpc) is 3.16. The van der Waals surface area contributed by atoms with Gasteiger partial charge in [-0.1, -0.05) is 90.9 Å². The van der Waals surface area contributed by atoms with Crippen LogP contribution in [0.5, 0.6) is 0 Å². The molecule has 2 rings (SSSR count). The summed E-state index contributed by atoms with van der Waals surface area (Å²) in [4.78, 5) is 0. The number of sulfone groups is 2. The van der Waals surface area contributed by atoms with E-state index in [4.69, 9.17) is 4.74 Å². The SMILES string of the molecule is CCCCCCCCC1C(OC2CCS(=O)(=O)C2CCCCCCCC)CCS1(=O)=O. The quantitative estimate of drug-likeness (QED) is 0.269. The lowest BCUT2D eigenvalue weighted by molar-refractivity contribution is -0.0122. The summed E-state index contributed by atoms with van der Waals surface area (Å²) in [5.41, 5.74) is 0. The minimum Gasteiger partial charge on any atom is -0.372 e. The predicted octanol–water partition coefficient (Wildman–Crippen LogP) is 5.62. The lowest BCUT2D eigenvalue weighted by Gasteiger charge is -2.26. The van der Waals surface area contributed by atoms with Crippen molar-refractivity contribution in [3.63, 3.8) is 0 Å². The van der Waals surface area contributed by atoms with Crippen molar-refractivity contribution in [3.8, 4) is 0 Å². The maximum absolute atomic E-state index is 12.6. The van der Waals surface area contributed by atoms with Gasteiger partial charge in [0.25, 0.3) is 0 Å². The lowest BCUT2D eigenvalue weighted by Crippen LogP contribution is -2.36. The summed E-state index contributed by atoms with van der Waals surface area (Å²) in [6.07, 6.45) is 15.3. The molecular formula is C24H46O5S2. The van der Waals surface area contributed by atoms with Crippen molar-refractivity contribution >= 4 is 19.7 Å². The standard InChI is InChI=1S/C24H46O5S2/c1-3-5-7-9-11-13-15-23-21(17-19-30(23,25)26)29-22-18-20-31(27,28)24(22)16-14-12-10-8-6-4-2/h21-24H,3-20H2,1-2H3. The summed E-state index contributed by atoms with van der Waals surface area (Å²) >= 11 is 0. The molecule has 0 spiro atoms. The molecule has 0 aromatic rings. The molecule has 2 aliphatic rings. The van der Waals surface area contributed by atoms with Gasteiger partial charge in [0.15, 0.2) is 19.7 Å². The Labute approximate surface area is 191 Å². The fourth-order valence-corrected chi connectivity index (χ4v) is 9.32. The van der Waals surface area contributed by atoms with Gasteiger partial charge in [0.2, 0.25) is 0 Å². The molecule has 5 nitrogen and oxygen atoms in total. The molecule has 0 aromatic heterocycles. The zero-order valence-corrected chi connectivity index (χ0v) is 21.5. The summed E-state index contributed by atoms with van der Waals surface area (Å²) in [5, 5.41) is -0.895. The number of hydrogen-bond acceptors (Lipinski definition) is 5. The molecule has 31 heavy (non-hydrogen) atoms. The minimum absolute atomic E-state index is 0.180. The highest BCUT2D eigenvalue weighted by atomic mass is 32.2. The molecule has 2 fully saturated rings. The second-order valence-electron chi connectivity index (χ2n) is 9.71. The van der Waals surface area contributed by atoms with Crippen LogP contribution in [0.15, 0.2) is 0 Å². The molecule has 2 aliphatic heterocycles. The fraction of sp³-hybridized carbons (Fsp3) is 1.00. The van der Waals surface area contributed by atoms with E-state index in [-0.39, 0.29) is 23.7 Å². The van der Waals surface area contributed by atoms with E-state index in [1.54, 1.807) is 0 Å². The molecule has 0 saturated carbocycles. The normalized spacial score (nSPS) is 29.5. The van der Waals surface area contributed by atoms with E-state index in [0.717, 1.165) is 38.5 Å². The van der Waals surface area contributed by atoms with E-state index < -0.39 is 30.2 Å². The molecule has 184 valence electrons. The zero-order valence-electron chi connectivity index (χ0n) is 19.9. The summed E-state index contributed by atoms with van der Waals surface area (Å²) < 4.78 is 56.8. The monoisotopic (exact) mass is 478 g/mol. The van der Waals surface area contributed by atoms with Gasteiger partial charge in [0.1, 0.15) is 0 Å². The van der Waals surface area contributed by atoms with Crippen LogP contribution in [0.3, 0.4) is 0 Å². The van der Waals surface area contributed by atoms with E-state index in [0.29, 0.717) is 25.7 Å². The van der Waals surface area contributed by atoms with Crippen LogP contribution in [0.25, 0.3) is 0 Å². The van der Waals surface area contributed by atoms with Gasteiger partial charge in [0.05, 0.1) is 34.2 Å². The molecule has 0 amide bonds. The van der Waals surface area contributed by atoms with E-state index >= 15 is 0 Å². The van der Waals surface area contributed by atoms with E-state index in [1.165, 1.54) is 38.5 Å². The summed E-state index contributed by atoms with van der Waals surface area (Å²) in [7, 11) is -6.25. The molecule has 7 heteroatoms. The molecule has 4 atom stereocenters. The third-order valence-electron chi connectivity index (χ3n) is 7.16. The van der Waals surface area contributed by atoms with Crippen molar-refractivity contribution in [2.24, 2.45) is 0 Å². The Bertz CT molecular complexity index is 641. The van der Waals surface area contributed by atoms with Crippen molar-refractivity contribution < 1.29 is 21.6 Å².